The molecule has 0 saturated heterocycles. The molecule has 1 amide bonds. The Labute approximate surface area is 105 Å². The number of rotatable bonds is 4. The fourth-order valence-corrected chi connectivity index (χ4v) is 1.11. The molecule has 18 heavy (non-hydrogen) atoms. The van der Waals surface area contributed by atoms with Crippen molar-refractivity contribution in [2.75, 3.05) is 11.9 Å². The summed E-state index contributed by atoms with van der Waals surface area (Å²) >= 11 is 5.45. The maximum Gasteiger partial charge on any atom is 0.405 e. The first-order chi connectivity index (χ1) is 8.28. The zero-order chi connectivity index (χ0) is 13.8. The molecule has 0 fully saturated rings. The number of hydrogen-bond acceptors (Lipinski definition) is 5. The topological polar surface area (TPSA) is 79.8 Å². The number of amides is 1. The Balaban J connectivity index is 2.50. The lowest BCUT2D eigenvalue weighted by Crippen LogP contribution is -2.42. The fraction of sp³-hybridized carbons (Fsp3) is 0.500. The molecule has 1 aromatic rings. The largest absolute Gasteiger partial charge is 0.405 e. The van der Waals surface area contributed by atoms with E-state index in [-0.39, 0.29) is 11.1 Å². The third kappa shape index (κ3) is 5.13. The lowest BCUT2D eigenvalue weighted by atomic mass is 10.3. The highest BCUT2D eigenvalue weighted by molar-refractivity contribution is 6.28. The molecule has 100 valence electrons. The van der Waals surface area contributed by atoms with Crippen LogP contribution >= 0.6 is 11.6 Å². The molecule has 1 unspecified atom stereocenters. The Morgan fingerprint density at radius 3 is 2.78 bits per heavy atom. The van der Waals surface area contributed by atoms with Crippen LogP contribution in [0, 0.1) is 0 Å². The van der Waals surface area contributed by atoms with Crippen molar-refractivity contribution in [3.63, 3.8) is 0 Å². The number of alkyl halides is 3. The van der Waals surface area contributed by atoms with E-state index in [4.69, 9.17) is 11.6 Å². The van der Waals surface area contributed by atoms with Gasteiger partial charge >= 0.3 is 6.18 Å². The predicted molar refractivity (Wildman–Crippen MR) is 57.0 cm³/mol. The standard InChI is InChI=1S/C8H9ClF3N5O/c1-4(6(18)13-3-8(10,11)12)15-5-2-14-17-7(9)16-5/h2,4H,3H2,1H3,(H,13,18)(H,15,16,17). The van der Waals surface area contributed by atoms with Crippen molar-refractivity contribution in [1.82, 2.24) is 20.5 Å². The first kappa shape index (κ1) is 14.4. The number of carbonyl (C=O) groups is 1. The Morgan fingerprint density at radius 2 is 2.22 bits per heavy atom. The van der Waals surface area contributed by atoms with E-state index in [1.54, 1.807) is 5.32 Å². The first-order valence-electron chi connectivity index (χ1n) is 4.74. The molecule has 6 nitrogen and oxygen atoms in total. The molecular weight excluding hydrogens is 275 g/mol. The maximum atomic E-state index is 11.9. The predicted octanol–water partition coefficient (Wildman–Crippen LogP) is 1.00. The van der Waals surface area contributed by atoms with E-state index in [0.29, 0.717) is 0 Å². The number of nitrogens with zero attached hydrogens (tertiary/aromatic N) is 3. The summed E-state index contributed by atoms with van der Waals surface area (Å²) in [6, 6.07) is -0.917. The molecule has 0 bridgehead atoms. The second-order valence-corrected chi connectivity index (χ2v) is 3.65. The summed E-state index contributed by atoms with van der Waals surface area (Å²) in [6.07, 6.45) is -3.26. The van der Waals surface area contributed by atoms with E-state index < -0.39 is 24.7 Å². The number of nitrogens with one attached hydrogen (secondary N) is 2. The highest BCUT2D eigenvalue weighted by atomic mass is 35.5. The summed E-state index contributed by atoms with van der Waals surface area (Å²) in [5, 5.41) is 11.0. The lowest BCUT2D eigenvalue weighted by Gasteiger charge is -2.15. The Kier molecular flexibility index (Phi) is 4.65. The van der Waals surface area contributed by atoms with Crippen molar-refractivity contribution in [1.29, 1.82) is 0 Å². The average Bonchev–Trinajstić information content (AvgIpc) is 2.24. The van der Waals surface area contributed by atoms with Gasteiger partial charge in [-0.3, -0.25) is 4.79 Å². The number of carbonyl (C=O) groups excluding carboxylic acids is 1. The SMILES string of the molecule is CC(Nc1cnnc(Cl)n1)C(=O)NCC(F)(F)F. The number of anilines is 1. The van der Waals surface area contributed by atoms with Crippen LogP contribution in [0.4, 0.5) is 19.0 Å². The van der Waals surface area contributed by atoms with Crippen molar-refractivity contribution < 1.29 is 18.0 Å². The zero-order valence-corrected chi connectivity index (χ0v) is 9.88. The minimum absolute atomic E-state index is 0.136. The Hall–Kier alpha value is -1.64. The molecule has 0 spiro atoms. The third-order valence-corrected chi connectivity index (χ3v) is 1.91. The van der Waals surface area contributed by atoms with Crippen LogP contribution < -0.4 is 10.6 Å². The van der Waals surface area contributed by atoms with Crippen LogP contribution in [0.2, 0.25) is 5.28 Å². The van der Waals surface area contributed by atoms with Gasteiger partial charge in [0.05, 0.1) is 6.20 Å². The molecule has 1 aromatic heterocycles. The zero-order valence-electron chi connectivity index (χ0n) is 9.12. The van der Waals surface area contributed by atoms with Crippen LogP contribution in [0.3, 0.4) is 0 Å². The lowest BCUT2D eigenvalue weighted by molar-refractivity contribution is -0.138. The van der Waals surface area contributed by atoms with Gasteiger partial charge in [0.25, 0.3) is 0 Å². The molecule has 2 N–H and O–H groups in total. The summed E-state index contributed by atoms with van der Waals surface area (Å²) in [7, 11) is 0. The van der Waals surface area contributed by atoms with E-state index in [1.165, 1.54) is 13.1 Å². The molecule has 0 saturated carbocycles. The monoisotopic (exact) mass is 283 g/mol. The molecule has 0 aliphatic rings. The maximum absolute atomic E-state index is 11.9. The summed E-state index contributed by atoms with van der Waals surface area (Å²) in [4.78, 5) is 15.0. The molecule has 1 atom stereocenters. The van der Waals surface area contributed by atoms with Crippen LogP contribution in [0.15, 0.2) is 6.20 Å². The van der Waals surface area contributed by atoms with Crippen molar-refractivity contribution in [2.24, 2.45) is 0 Å². The Morgan fingerprint density at radius 1 is 1.56 bits per heavy atom. The van der Waals surface area contributed by atoms with Crippen LogP contribution in [0.5, 0.6) is 0 Å². The van der Waals surface area contributed by atoms with Crippen LogP contribution in [-0.2, 0) is 4.79 Å². The van der Waals surface area contributed by atoms with Gasteiger partial charge in [-0.1, -0.05) is 0 Å². The molecule has 0 radical (unpaired) electrons. The second kappa shape index (κ2) is 5.80. The van der Waals surface area contributed by atoms with E-state index in [9.17, 15) is 18.0 Å². The summed E-state index contributed by atoms with van der Waals surface area (Å²) < 4.78 is 35.6. The molecule has 0 aromatic carbocycles. The van der Waals surface area contributed by atoms with Gasteiger partial charge in [-0.15, -0.1) is 5.10 Å². The highest BCUT2D eigenvalue weighted by Gasteiger charge is 2.28. The summed E-state index contributed by atoms with van der Waals surface area (Å²) in [6.45, 7) is -0.0116. The van der Waals surface area contributed by atoms with Crippen molar-refractivity contribution in [2.45, 2.75) is 19.1 Å². The molecule has 0 aliphatic carbocycles. The van der Waals surface area contributed by atoms with Gasteiger partial charge in [-0.05, 0) is 18.5 Å². The molecular formula is C8H9ClF3N5O. The van der Waals surface area contributed by atoms with Gasteiger partial charge in [-0.2, -0.15) is 23.3 Å². The fourth-order valence-electron chi connectivity index (χ4n) is 0.979. The van der Waals surface area contributed by atoms with Gasteiger partial charge in [0.1, 0.15) is 12.6 Å². The van der Waals surface area contributed by atoms with Gasteiger partial charge in [0.15, 0.2) is 5.82 Å². The molecule has 1 rings (SSSR count). The normalized spacial score (nSPS) is 12.9. The van der Waals surface area contributed by atoms with E-state index in [0.717, 1.165) is 0 Å². The second-order valence-electron chi connectivity index (χ2n) is 3.31. The first-order valence-corrected chi connectivity index (χ1v) is 5.12. The number of hydrogen-bond donors (Lipinski definition) is 2. The van der Waals surface area contributed by atoms with Crippen molar-refractivity contribution in [3.05, 3.63) is 11.5 Å². The molecule has 1 heterocycles. The number of halogens is 4. The highest BCUT2D eigenvalue weighted by Crippen LogP contribution is 2.12. The van der Waals surface area contributed by atoms with Gasteiger partial charge in [0, 0.05) is 0 Å². The van der Waals surface area contributed by atoms with Crippen molar-refractivity contribution in [3.8, 4) is 0 Å². The van der Waals surface area contributed by atoms with E-state index >= 15 is 0 Å². The quantitative estimate of drug-likeness (QED) is 0.862. The van der Waals surface area contributed by atoms with Gasteiger partial charge in [0.2, 0.25) is 11.2 Å². The van der Waals surface area contributed by atoms with Crippen molar-refractivity contribution >= 4 is 23.3 Å². The third-order valence-electron chi connectivity index (χ3n) is 1.75. The minimum atomic E-state index is -4.45. The average molecular weight is 284 g/mol. The number of aromatic nitrogens is 3. The van der Waals surface area contributed by atoms with E-state index in [1.807, 2.05) is 0 Å². The summed E-state index contributed by atoms with van der Waals surface area (Å²) in [5.74, 6) is -0.674. The Bertz CT molecular complexity index is 427. The van der Waals surface area contributed by atoms with Gasteiger partial charge in [-0.25, -0.2) is 0 Å². The molecule has 0 aliphatic heterocycles. The van der Waals surface area contributed by atoms with Gasteiger partial charge < -0.3 is 10.6 Å². The smallest absolute Gasteiger partial charge is 0.357 e. The van der Waals surface area contributed by atoms with Crippen LogP contribution in [-0.4, -0.2) is 39.9 Å². The minimum Gasteiger partial charge on any atom is -0.357 e. The van der Waals surface area contributed by atoms with E-state index in [2.05, 4.69) is 20.5 Å². The van der Waals surface area contributed by atoms with Crippen LogP contribution in [0.1, 0.15) is 6.92 Å². The summed E-state index contributed by atoms with van der Waals surface area (Å²) in [5.41, 5.74) is 0. The molecule has 10 heteroatoms. The van der Waals surface area contributed by atoms with Crippen LogP contribution in [0.25, 0.3) is 0 Å².